The van der Waals surface area contributed by atoms with Crippen LogP contribution in [0.4, 0.5) is 5.69 Å². The Hall–Kier alpha value is -2.69. The summed E-state index contributed by atoms with van der Waals surface area (Å²) in [7, 11) is 1.54. The number of benzene rings is 2. The van der Waals surface area contributed by atoms with Gasteiger partial charge in [0.2, 0.25) is 0 Å². The van der Waals surface area contributed by atoms with Crippen LogP contribution in [0.3, 0.4) is 0 Å². The van der Waals surface area contributed by atoms with E-state index in [0.717, 1.165) is 12.0 Å². The fourth-order valence-electron chi connectivity index (χ4n) is 1.93. The van der Waals surface area contributed by atoms with E-state index in [-0.39, 0.29) is 11.3 Å². The van der Waals surface area contributed by atoms with E-state index in [0.29, 0.717) is 17.2 Å². The minimum Gasteiger partial charge on any atom is -0.493 e. The van der Waals surface area contributed by atoms with E-state index in [1.165, 1.54) is 18.2 Å². The van der Waals surface area contributed by atoms with Gasteiger partial charge in [0.15, 0.2) is 11.5 Å². The van der Waals surface area contributed by atoms with E-state index in [1.54, 1.807) is 13.2 Å². The Labute approximate surface area is 122 Å². The first-order valence-electron chi connectivity index (χ1n) is 6.52. The van der Waals surface area contributed by atoms with E-state index in [9.17, 15) is 9.90 Å². The molecule has 2 aromatic rings. The first kappa shape index (κ1) is 14.7. The number of hydrogen-bond donors (Lipinski definition) is 2. The van der Waals surface area contributed by atoms with Crippen molar-refractivity contribution in [3.05, 3.63) is 47.5 Å². The van der Waals surface area contributed by atoms with Gasteiger partial charge in [-0.25, -0.2) is 4.79 Å². The third kappa shape index (κ3) is 3.25. The highest BCUT2D eigenvalue weighted by atomic mass is 16.5. The van der Waals surface area contributed by atoms with Crippen molar-refractivity contribution >= 4 is 11.7 Å². The van der Waals surface area contributed by atoms with Crippen molar-refractivity contribution < 1.29 is 19.4 Å². The Kier molecular flexibility index (Phi) is 4.33. The smallest absolute Gasteiger partial charge is 0.339 e. The van der Waals surface area contributed by atoms with Gasteiger partial charge in [0.1, 0.15) is 11.3 Å². The molecule has 0 unspecified atom stereocenters. The fourth-order valence-corrected chi connectivity index (χ4v) is 1.93. The number of carboxylic acid groups (broad SMARTS) is 1. The Bertz CT molecular complexity index is 667. The summed E-state index contributed by atoms with van der Waals surface area (Å²) in [6, 6.07) is 9.95. The number of nitrogen functional groups attached to an aromatic ring is 1. The monoisotopic (exact) mass is 287 g/mol. The lowest BCUT2D eigenvalue weighted by molar-refractivity contribution is 0.0694. The Morgan fingerprint density at radius 2 is 1.90 bits per heavy atom. The largest absolute Gasteiger partial charge is 0.493 e. The minimum atomic E-state index is -1.07. The Morgan fingerprint density at radius 1 is 1.14 bits per heavy atom. The van der Waals surface area contributed by atoms with Gasteiger partial charge in [0.25, 0.3) is 0 Å². The SMILES string of the molecule is CCc1ccc(Oc2cc(N)ccc2C(=O)O)c(OC)c1. The second-order valence-electron chi connectivity index (χ2n) is 4.50. The number of aromatic carboxylic acids is 1. The molecule has 5 nitrogen and oxygen atoms in total. The third-order valence-electron chi connectivity index (χ3n) is 3.09. The van der Waals surface area contributed by atoms with Crippen LogP contribution in [-0.2, 0) is 6.42 Å². The van der Waals surface area contributed by atoms with Crippen LogP contribution in [0.15, 0.2) is 36.4 Å². The van der Waals surface area contributed by atoms with Crippen LogP contribution in [0.1, 0.15) is 22.8 Å². The molecule has 0 heterocycles. The van der Waals surface area contributed by atoms with Crippen LogP contribution in [-0.4, -0.2) is 18.2 Å². The number of rotatable bonds is 5. The van der Waals surface area contributed by atoms with E-state index in [4.69, 9.17) is 15.2 Å². The van der Waals surface area contributed by atoms with Crippen molar-refractivity contribution in [3.8, 4) is 17.2 Å². The second kappa shape index (κ2) is 6.17. The quantitative estimate of drug-likeness (QED) is 0.824. The molecule has 0 aliphatic heterocycles. The Balaban J connectivity index is 2.42. The van der Waals surface area contributed by atoms with Crippen molar-refractivity contribution in [2.45, 2.75) is 13.3 Å². The lowest BCUT2D eigenvalue weighted by atomic mass is 10.1. The minimum absolute atomic E-state index is 0.0471. The molecule has 0 bridgehead atoms. The molecule has 0 radical (unpaired) electrons. The zero-order chi connectivity index (χ0) is 15.4. The molecule has 110 valence electrons. The predicted molar refractivity (Wildman–Crippen MR) is 80.3 cm³/mol. The summed E-state index contributed by atoms with van der Waals surface area (Å²) in [5.74, 6) is 0.107. The first-order valence-corrected chi connectivity index (χ1v) is 6.52. The summed E-state index contributed by atoms with van der Waals surface area (Å²) in [6.07, 6.45) is 0.870. The second-order valence-corrected chi connectivity index (χ2v) is 4.50. The number of carbonyl (C=O) groups is 1. The summed E-state index contributed by atoms with van der Waals surface area (Å²) in [5.41, 5.74) is 7.27. The summed E-state index contributed by atoms with van der Waals surface area (Å²) in [5, 5.41) is 9.19. The van der Waals surface area contributed by atoms with Crippen LogP contribution in [0.25, 0.3) is 0 Å². The molecule has 0 aliphatic rings. The van der Waals surface area contributed by atoms with Gasteiger partial charge in [-0.05, 0) is 36.2 Å². The average molecular weight is 287 g/mol. The highest BCUT2D eigenvalue weighted by Gasteiger charge is 2.14. The van der Waals surface area contributed by atoms with Gasteiger partial charge in [-0.15, -0.1) is 0 Å². The summed E-state index contributed by atoms with van der Waals surface area (Å²) in [4.78, 5) is 11.2. The molecule has 0 saturated carbocycles. The van der Waals surface area contributed by atoms with Crippen LogP contribution in [0, 0.1) is 0 Å². The van der Waals surface area contributed by atoms with E-state index in [2.05, 4.69) is 0 Å². The summed E-state index contributed by atoms with van der Waals surface area (Å²) in [6.45, 7) is 2.04. The molecular formula is C16H17NO4. The molecule has 3 N–H and O–H groups in total. The van der Waals surface area contributed by atoms with Crippen LogP contribution in [0.2, 0.25) is 0 Å². The zero-order valence-electron chi connectivity index (χ0n) is 11.9. The molecule has 2 rings (SSSR count). The van der Waals surface area contributed by atoms with Crippen molar-refractivity contribution in [1.29, 1.82) is 0 Å². The highest BCUT2D eigenvalue weighted by Crippen LogP contribution is 2.34. The van der Waals surface area contributed by atoms with Crippen LogP contribution in [0.5, 0.6) is 17.2 Å². The van der Waals surface area contributed by atoms with Crippen molar-refractivity contribution in [2.24, 2.45) is 0 Å². The number of aryl methyl sites for hydroxylation is 1. The summed E-state index contributed by atoms with van der Waals surface area (Å²) < 4.78 is 11.0. The number of anilines is 1. The molecule has 0 aliphatic carbocycles. The van der Waals surface area contributed by atoms with Crippen molar-refractivity contribution in [2.75, 3.05) is 12.8 Å². The van der Waals surface area contributed by atoms with E-state index < -0.39 is 5.97 Å². The van der Waals surface area contributed by atoms with Gasteiger partial charge in [0, 0.05) is 11.8 Å². The summed E-state index contributed by atoms with van der Waals surface area (Å²) >= 11 is 0. The van der Waals surface area contributed by atoms with E-state index >= 15 is 0 Å². The number of methoxy groups -OCH3 is 1. The number of hydrogen-bond acceptors (Lipinski definition) is 4. The number of nitrogens with two attached hydrogens (primary N) is 1. The molecule has 0 spiro atoms. The lowest BCUT2D eigenvalue weighted by Gasteiger charge is -2.13. The van der Waals surface area contributed by atoms with Crippen LogP contribution >= 0.6 is 0 Å². The topological polar surface area (TPSA) is 81.8 Å². The fraction of sp³-hybridized carbons (Fsp3) is 0.188. The maximum absolute atomic E-state index is 11.2. The molecule has 5 heteroatoms. The molecule has 0 amide bonds. The molecule has 21 heavy (non-hydrogen) atoms. The van der Waals surface area contributed by atoms with Gasteiger partial charge in [-0.1, -0.05) is 13.0 Å². The normalized spacial score (nSPS) is 10.2. The predicted octanol–water partition coefficient (Wildman–Crippen LogP) is 3.33. The van der Waals surface area contributed by atoms with Gasteiger partial charge in [-0.3, -0.25) is 0 Å². The average Bonchev–Trinajstić information content (AvgIpc) is 2.47. The van der Waals surface area contributed by atoms with Crippen LogP contribution < -0.4 is 15.2 Å². The van der Waals surface area contributed by atoms with E-state index in [1.807, 2.05) is 19.1 Å². The number of ether oxygens (including phenoxy) is 2. The lowest BCUT2D eigenvalue weighted by Crippen LogP contribution is -2.02. The van der Waals surface area contributed by atoms with Crippen molar-refractivity contribution in [1.82, 2.24) is 0 Å². The molecule has 0 fully saturated rings. The molecule has 0 atom stereocenters. The maximum atomic E-state index is 11.2. The van der Waals surface area contributed by atoms with Gasteiger partial charge in [-0.2, -0.15) is 0 Å². The zero-order valence-corrected chi connectivity index (χ0v) is 11.9. The van der Waals surface area contributed by atoms with Gasteiger partial charge in [0.05, 0.1) is 7.11 Å². The van der Waals surface area contributed by atoms with Crippen molar-refractivity contribution in [3.63, 3.8) is 0 Å². The van der Waals surface area contributed by atoms with Gasteiger partial charge >= 0.3 is 5.97 Å². The highest BCUT2D eigenvalue weighted by molar-refractivity contribution is 5.91. The maximum Gasteiger partial charge on any atom is 0.339 e. The molecule has 2 aromatic carbocycles. The molecule has 0 saturated heterocycles. The first-order chi connectivity index (χ1) is 10.0. The van der Waals surface area contributed by atoms with Gasteiger partial charge < -0.3 is 20.3 Å². The third-order valence-corrected chi connectivity index (χ3v) is 3.09. The number of carboxylic acids is 1. The molecule has 0 aromatic heterocycles. The Morgan fingerprint density at radius 3 is 2.52 bits per heavy atom. The molecular weight excluding hydrogens is 270 g/mol. The standard InChI is InChI=1S/C16H17NO4/c1-3-10-4-7-13(15(8-10)20-2)21-14-9-11(17)5-6-12(14)16(18)19/h4-9H,3,17H2,1-2H3,(H,18,19).